The van der Waals surface area contributed by atoms with Crippen LogP contribution in [0.15, 0.2) is 88.5 Å². The van der Waals surface area contributed by atoms with Crippen LogP contribution >= 0.6 is 0 Å². The van der Waals surface area contributed by atoms with E-state index in [2.05, 4.69) is 5.32 Å². The molecule has 0 saturated heterocycles. The predicted octanol–water partition coefficient (Wildman–Crippen LogP) is 5.45. The molecule has 1 heterocycles. The lowest BCUT2D eigenvalue weighted by Gasteiger charge is -2.25. The van der Waals surface area contributed by atoms with E-state index in [0.29, 0.717) is 22.6 Å². The normalized spacial score (nSPS) is 12.0. The van der Waals surface area contributed by atoms with Gasteiger partial charge < -0.3 is 14.8 Å². The lowest BCUT2D eigenvalue weighted by atomic mass is 10.0. The Kier molecular flexibility index (Phi) is 8.76. The Morgan fingerprint density at radius 1 is 0.927 bits per heavy atom. The Labute approximate surface area is 238 Å². The van der Waals surface area contributed by atoms with E-state index in [-0.39, 0.29) is 24.2 Å². The van der Waals surface area contributed by atoms with Crippen molar-refractivity contribution < 1.29 is 18.7 Å². The molecule has 0 fully saturated rings. The van der Waals surface area contributed by atoms with E-state index in [1.165, 1.54) is 29.9 Å². The first-order valence-corrected chi connectivity index (χ1v) is 13.3. The number of halogens is 1. The smallest absolute Gasteiger partial charge is 0.408 e. The molecule has 0 saturated carbocycles. The summed E-state index contributed by atoms with van der Waals surface area (Å²) in [5.74, 6) is -0.0222. The van der Waals surface area contributed by atoms with Gasteiger partial charge in [0, 0.05) is 16.8 Å². The number of aromatic nitrogens is 2. The predicted molar refractivity (Wildman–Crippen MR) is 156 cm³/mol. The van der Waals surface area contributed by atoms with Gasteiger partial charge >= 0.3 is 11.8 Å². The number of hydrogen-bond acceptors (Lipinski definition) is 5. The summed E-state index contributed by atoms with van der Waals surface area (Å²) in [5, 5.41) is 2.80. The molecule has 1 atom stereocenters. The fraction of sp³-hybridized carbons (Fsp3) is 0.281. The molecule has 3 aromatic carbocycles. The van der Waals surface area contributed by atoms with E-state index in [1.807, 2.05) is 24.3 Å². The molecular formula is C32H34FN3O5. The fourth-order valence-electron chi connectivity index (χ4n) is 4.68. The standard InChI is InChI=1S/C32H34FN3O5/c1-21-28(24-16-10-11-17-25(24)33)29(37)36(31(39)35(21)19-23-15-9-12-18-27(23)40-5)20-26(22-13-7-6-8-14-22)34-30(38)41-32(2,3)4/h6-18,26H,19-20H2,1-5H3,(H,34,38)/t26-/m1/s1. The monoisotopic (exact) mass is 559 g/mol. The molecule has 0 bridgehead atoms. The number of rotatable bonds is 8. The van der Waals surface area contributed by atoms with Crippen LogP contribution in [0.5, 0.6) is 5.75 Å². The largest absolute Gasteiger partial charge is 0.496 e. The minimum atomic E-state index is -0.799. The van der Waals surface area contributed by atoms with Crippen molar-refractivity contribution in [1.29, 1.82) is 0 Å². The van der Waals surface area contributed by atoms with Crippen LogP contribution in [0.1, 0.15) is 43.6 Å². The molecule has 4 rings (SSSR count). The maximum absolute atomic E-state index is 15.1. The van der Waals surface area contributed by atoms with E-state index in [9.17, 15) is 14.4 Å². The third-order valence-electron chi connectivity index (χ3n) is 6.61. The maximum Gasteiger partial charge on any atom is 0.408 e. The second-order valence-corrected chi connectivity index (χ2v) is 10.6. The molecule has 0 radical (unpaired) electrons. The van der Waals surface area contributed by atoms with Crippen molar-refractivity contribution in [1.82, 2.24) is 14.5 Å². The van der Waals surface area contributed by atoms with Gasteiger partial charge in [0.05, 0.1) is 31.8 Å². The molecule has 0 aliphatic carbocycles. The summed E-state index contributed by atoms with van der Waals surface area (Å²) in [5.41, 5.74) is -0.221. The number of nitrogens with one attached hydrogen (secondary N) is 1. The number of methoxy groups -OCH3 is 1. The van der Waals surface area contributed by atoms with Gasteiger partial charge in [-0.05, 0) is 45.4 Å². The first-order chi connectivity index (χ1) is 19.5. The minimum absolute atomic E-state index is 0.0571. The van der Waals surface area contributed by atoms with Gasteiger partial charge in [0.15, 0.2) is 0 Å². The number of amides is 1. The molecule has 1 amide bonds. The number of benzene rings is 3. The van der Waals surface area contributed by atoms with Gasteiger partial charge in [-0.3, -0.25) is 13.9 Å². The highest BCUT2D eigenvalue weighted by atomic mass is 19.1. The number of ether oxygens (including phenoxy) is 2. The van der Waals surface area contributed by atoms with Crippen LogP contribution in [0, 0.1) is 12.7 Å². The molecule has 41 heavy (non-hydrogen) atoms. The molecule has 4 aromatic rings. The summed E-state index contributed by atoms with van der Waals surface area (Å²) in [6, 6.07) is 21.4. The van der Waals surface area contributed by atoms with E-state index in [0.717, 1.165) is 4.57 Å². The zero-order valence-electron chi connectivity index (χ0n) is 23.8. The van der Waals surface area contributed by atoms with Crippen LogP contribution in [-0.4, -0.2) is 27.9 Å². The van der Waals surface area contributed by atoms with Gasteiger partial charge in [-0.15, -0.1) is 0 Å². The summed E-state index contributed by atoms with van der Waals surface area (Å²) in [4.78, 5) is 40.8. The van der Waals surface area contributed by atoms with Crippen molar-refractivity contribution in [2.24, 2.45) is 0 Å². The molecule has 0 aliphatic heterocycles. The van der Waals surface area contributed by atoms with Crippen LogP contribution in [0.3, 0.4) is 0 Å². The highest BCUT2D eigenvalue weighted by Crippen LogP contribution is 2.25. The van der Waals surface area contributed by atoms with Crippen molar-refractivity contribution >= 4 is 6.09 Å². The number of carbonyl (C=O) groups excluding carboxylic acids is 1. The summed E-state index contributed by atoms with van der Waals surface area (Å²) >= 11 is 0. The lowest BCUT2D eigenvalue weighted by molar-refractivity contribution is 0.0497. The van der Waals surface area contributed by atoms with Crippen LogP contribution in [0.2, 0.25) is 0 Å². The Bertz CT molecular complexity index is 1650. The van der Waals surface area contributed by atoms with Crippen molar-refractivity contribution in [2.75, 3.05) is 7.11 Å². The quantitative estimate of drug-likeness (QED) is 0.310. The van der Waals surface area contributed by atoms with Crippen LogP contribution in [-0.2, 0) is 17.8 Å². The summed E-state index contributed by atoms with van der Waals surface area (Å²) in [6.07, 6.45) is -0.699. The van der Waals surface area contributed by atoms with Crippen LogP contribution in [0.25, 0.3) is 11.1 Å². The van der Waals surface area contributed by atoms with Gasteiger partial charge in [0.1, 0.15) is 17.2 Å². The van der Waals surface area contributed by atoms with Gasteiger partial charge in [-0.25, -0.2) is 14.0 Å². The molecule has 0 unspecified atom stereocenters. The molecule has 0 aliphatic rings. The molecule has 1 aromatic heterocycles. The Morgan fingerprint density at radius 2 is 1.56 bits per heavy atom. The first-order valence-electron chi connectivity index (χ1n) is 13.3. The second kappa shape index (κ2) is 12.2. The zero-order valence-corrected chi connectivity index (χ0v) is 23.8. The number of alkyl carbamates (subject to hydrolysis) is 1. The summed E-state index contributed by atoms with van der Waals surface area (Å²) in [6.45, 7) is 6.71. The van der Waals surface area contributed by atoms with Gasteiger partial charge in [0.25, 0.3) is 5.56 Å². The van der Waals surface area contributed by atoms with E-state index in [4.69, 9.17) is 9.47 Å². The molecule has 1 N–H and O–H groups in total. The van der Waals surface area contributed by atoms with E-state index in [1.54, 1.807) is 64.1 Å². The maximum atomic E-state index is 15.1. The number of hydrogen-bond donors (Lipinski definition) is 1. The van der Waals surface area contributed by atoms with E-state index < -0.39 is 34.8 Å². The highest BCUT2D eigenvalue weighted by molar-refractivity contribution is 5.68. The Balaban J connectivity index is 1.91. The molecule has 214 valence electrons. The number of para-hydroxylation sites is 1. The zero-order chi connectivity index (χ0) is 29.7. The average molecular weight is 560 g/mol. The highest BCUT2D eigenvalue weighted by Gasteiger charge is 2.25. The first kappa shape index (κ1) is 29.3. The van der Waals surface area contributed by atoms with Crippen LogP contribution < -0.4 is 21.3 Å². The molecule has 9 heteroatoms. The number of nitrogens with zero attached hydrogens (tertiary/aromatic N) is 2. The minimum Gasteiger partial charge on any atom is -0.496 e. The molecule has 0 spiro atoms. The topological polar surface area (TPSA) is 91.6 Å². The van der Waals surface area contributed by atoms with Crippen molar-refractivity contribution in [3.63, 3.8) is 0 Å². The van der Waals surface area contributed by atoms with Crippen molar-refractivity contribution in [2.45, 2.75) is 52.4 Å². The third kappa shape index (κ3) is 6.74. The average Bonchev–Trinajstić information content (AvgIpc) is 2.93. The summed E-state index contributed by atoms with van der Waals surface area (Å²) < 4.78 is 28.5. The van der Waals surface area contributed by atoms with Gasteiger partial charge in [-0.1, -0.05) is 66.7 Å². The second-order valence-electron chi connectivity index (χ2n) is 10.6. The summed E-state index contributed by atoms with van der Waals surface area (Å²) in [7, 11) is 1.53. The Morgan fingerprint density at radius 3 is 2.22 bits per heavy atom. The van der Waals surface area contributed by atoms with Gasteiger partial charge in [0.2, 0.25) is 0 Å². The van der Waals surface area contributed by atoms with E-state index >= 15 is 4.39 Å². The Hall–Kier alpha value is -4.66. The van der Waals surface area contributed by atoms with Crippen LogP contribution in [0.4, 0.5) is 9.18 Å². The molecular weight excluding hydrogens is 525 g/mol. The fourth-order valence-corrected chi connectivity index (χ4v) is 4.68. The number of carbonyl (C=O) groups is 1. The third-order valence-corrected chi connectivity index (χ3v) is 6.61. The van der Waals surface area contributed by atoms with Gasteiger partial charge in [-0.2, -0.15) is 0 Å². The lowest BCUT2D eigenvalue weighted by Crippen LogP contribution is -2.46. The SMILES string of the molecule is COc1ccccc1Cn1c(C)c(-c2ccccc2F)c(=O)n(C[C@@H](NC(=O)OC(C)(C)C)c2ccccc2)c1=O. The molecule has 8 nitrogen and oxygen atoms in total. The van der Waals surface area contributed by atoms with Crippen molar-refractivity contribution in [3.05, 3.63) is 122 Å². The van der Waals surface area contributed by atoms with Crippen molar-refractivity contribution in [3.8, 4) is 16.9 Å².